The van der Waals surface area contributed by atoms with Gasteiger partial charge in [0.05, 0.1) is 36.7 Å². The van der Waals surface area contributed by atoms with E-state index in [0.717, 1.165) is 46.5 Å². The Kier molecular flexibility index (Phi) is 10.7. The van der Waals surface area contributed by atoms with Crippen molar-refractivity contribution in [3.8, 4) is 17.2 Å². The molecule has 322 valence electrons. The number of hydrogen-bond acceptors (Lipinski definition) is 10. The van der Waals surface area contributed by atoms with Gasteiger partial charge >= 0.3 is 5.97 Å². The lowest BCUT2D eigenvalue weighted by molar-refractivity contribution is -0.210. The Balaban J connectivity index is 1.51. The topological polar surface area (TPSA) is 138 Å². The summed E-state index contributed by atoms with van der Waals surface area (Å²) in [4.78, 5) is 45.4. The molecular formula is C51H60N2O8. The molecule has 3 aliphatic heterocycles. The lowest BCUT2D eigenvalue weighted by atomic mass is 9.43. The second-order valence-corrected chi connectivity index (χ2v) is 18.7. The molecule has 6 atom stereocenters. The standard InChI is InChI=1S/C51H60N2O8/c1-27(2)14-13-21-49(8)22-20-34-44(60-49)33(18-17-28(3)4)46-39(45(34)58-9)42-40-37(38-41(53(42)25-24-52)31-15-11-12-16-32(31)43(38)54)35-26-36(29(5)6)51(40,61-46)50(57,47(35)55)23-19-30(7)48(56)59-10/h11-12,14-17,19-20,22,29,35-37,57H,13,18,21,23-26,52H2,1-10H3. The molecule has 10 nitrogen and oxygen atoms in total. The number of hydrogen-bond donors (Lipinski definition) is 2. The van der Waals surface area contributed by atoms with Gasteiger partial charge in [0.15, 0.2) is 22.8 Å². The van der Waals surface area contributed by atoms with Crippen molar-refractivity contribution >= 4 is 35.0 Å². The van der Waals surface area contributed by atoms with E-state index in [2.05, 4.69) is 77.7 Å². The zero-order valence-electron chi connectivity index (χ0n) is 37.3. The van der Waals surface area contributed by atoms with Gasteiger partial charge < -0.3 is 34.7 Å². The van der Waals surface area contributed by atoms with Crippen LogP contribution in [0.3, 0.4) is 0 Å². The van der Waals surface area contributed by atoms with Gasteiger partial charge in [-0.15, -0.1) is 0 Å². The highest BCUT2D eigenvalue weighted by atomic mass is 16.5. The number of carbonyl (C=O) groups excluding carboxylic acids is 3. The highest BCUT2D eigenvalue weighted by Gasteiger charge is 2.77. The summed E-state index contributed by atoms with van der Waals surface area (Å²) in [7, 11) is 2.95. The van der Waals surface area contributed by atoms with Crippen molar-refractivity contribution in [1.82, 2.24) is 4.90 Å². The van der Waals surface area contributed by atoms with Gasteiger partial charge in [0.1, 0.15) is 22.8 Å². The van der Waals surface area contributed by atoms with Crippen LogP contribution in [0.4, 0.5) is 0 Å². The average Bonchev–Trinajstić information content (AvgIpc) is 3.52. The van der Waals surface area contributed by atoms with Crippen LogP contribution in [0.1, 0.15) is 114 Å². The number of ketones is 2. The number of carbonyl (C=O) groups is 3. The van der Waals surface area contributed by atoms with Gasteiger partial charge in [-0.25, -0.2) is 4.79 Å². The van der Waals surface area contributed by atoms with Crippen LogP contribution in [-0.2, 0) is 20.7 Å². The van der Waals surface area contributed by atoms with E-state index in [9.17, 15) is 14.7 Å². The number of nitrogens with zero attached hydrogens (tertiary/aromatic N) is 1. The molecule has 7 aliphatic rings. The fraction of sp³-hybridized carbons (Fsp3) is 0.471. The molecule has 6 unspecified atom stereocenters. The summed E-state index contributed by atoms with van der Waals surface area (Å²) in [6.07, 6.45) is 12.3. The molecule has 0 amide bonds. The highest BCUT2D eigenvalue weighted by Crippen LogP contribution is 2.71. The number of Topliss-reactive ketones (excluding diaryl/α,β-unsaturated/α-hetero) is 2. The van der Waals surface area contributed by atoms with E-state index in [1.54, 1.807) is 20.1 Å². The van der Waals surface area contributed by atoms with E-state index in [0.29, 0.717) is 58.9 Å². The molecule has 3 fully saturated rings. The number of benzene rings is 2. The highest BCUT2D eigenvalue weighted by molar-refractivity contribution is 6.23. The van der Waals surface area contributed by atoms with Gasteiger partial charge in [0.2, 0.25) is 0 Å². The molecule has 3 saturated carbocycles. The first kappa shape index (κ1) is 42.5. The second-order valence-electron chi connectivity index (χ2n) is 18.7. The number of fused-ring (bicyclic) bond motifs is 7. The Bertz CT molecular complexity index is 2440. The van der Waals surface area contributed by atoms with Crippen LogP contribution in [0.25, 0.3) is 17.5 Å². The summed E-state index contributed by atoms with van der Waals surface area (Å²) in [6.45, 7) is 16.7. The van der Waals surface area contributed by atoms with Crippen molar-refractivity contribution in [2.24, 2.45) is 29.4 Å². The van der Waals surface area contributed by atoms with Crippen LogP contribution in [-0.4, -0.2) is 71.7 Å². The molecule has 2 aromatic rings. The molecule has 4 aliphatic carbocycles. The van der Waals surface area contributed by atoms with Crippen LogP contribution in [0.15, 0.2) is 76.4 Å². The van der Waals surface area contributed by atoms with E-state index in [1.807, 2.05) is 24.3 Å². The maximum Gasteiger partial charge on any atom is 0.333 e. The molecule has 2 bridgehead atoms. The fourth-order valence-electron chi connectivity index (χ4n) is 11.2. The quantitative estimate of drug-likeness (QED) is 0.122. The van der Waals surface area contributed by atoms with Crippen LogP contribution >= 0.6 is 0 Å². The zero-order chi connectivity index (χ0) is 43.9. The normalized spacial score (nSPS) is 27.8. The lowest BCUT2D eigenvalue weighted by Gasteiger charge is -2.66. The van der Waals surface area contributed by atoms with E-state index >= 15 is 4.79 Å². The smallest absolute Gasteiger partial charge is 0.333 e. The number of methoxy groups -OCH3 is 2. The van der Waals surface area contributed by atoms with Gasteiger partial charge in [-0.05, 0) is 85.3 Å². The van der Waals surface area contributed by atoms with Gasteiger partial charge in [-0.1, -0.05) is 67.5 Å². The molecule has 1 spiro atoms. The van der Waals surface area contributed by atoms with Gasteiger partial charge in [0, 0.05) is 70.7 Å². The molecular weight excluding hydrogens is 769 g/mol. The Morgan fingerprint density at radius 1 is 1.00 bits per heavy atom. The third-order valence-electron chi connectivity index (χ3n) is 13.9. The van der Waals surface area contributed by atoms with Crippen LogP contribution in [0, 0.1) is 23.7 Å². The van der Waals surface area contributed by atoms with Crippen LogP contribution < -0.4 is 19.9 Å². The molecule has 61 heavy (non-hydrogen) atoms. The van der Waals surface area contributed by atoms with Gasteiger partial charge in [-0.3, -0.25) is 9.59 Å². The number of esters is 1. The van der Waals surface area contributed by atoms with E-state index in [-0.39, 0.29) is 30.2 Å². The monoisotopic (exact) mass is 828 g/mol. The summed E-state index contributed by atoms with van der Waals surface area (Å²) in [5, 5.41) is 13.7. The van der Waals surface area contributed by atoms with Gasteiger partial charge in [-0.2, -0.15) is 0 Å². The molecule has 0 aromatic heterocycles. The third-order valence-corrected chi connectivity index (χ3v) is 13.9. The zero-order valence-corrected chi connectivity index (χ0v) is 37.3. The van der Waals surface area contributed by atoms with Crippen molar-refractivity contribution in [2.75, 3.05) is 27.3 Å². The lowest BCUT2D eigenvalue weighted by Crippen LogP contribution is -2.78. The average molecular weight is 829 g/mol. The number of rotatable bonds is 12. The molecule has 2 aromatic carbocycles. The summed E-state index contributed by atoms with van der Waals surface area (Å²) in [5.74, 6) is -1.42. The molecule has 0 saturated heterocycles. The summed E-state index contributed by atoms with van der Waals surface area (Å²) in [6, 6.07) is 7.60. The summed E-state index contributed by atoms with van der Waals surface area (Å²) >= 11 is 0. The minimum atomic E-state index is -2.16. The Hall–Kier alpha value is -5.19. The minimum Gasteiger partial charge on any atom is -0.495 e. The first-order valence-corrected chi connectivity index (χ1v) is 21.7. The molecule has 3 N–H and O–H groups in total. The SMILES string of the molecule is COC(=O)C(C)=CCC1(O)C(=O)C2CC(C(C)C)C13Oc1c(CC=C(C)C)c4c(c(OC)c1C1=C3C2C2=C(c3ccccc3C2=O)N1CCN)C=CC(C)(CCC=C(C)C)O4. The molecule has 3 heterocycles. The summed E-state index contributed by atoms with van der Waals surface area (Å²) in [5.41, 5.74) is 10.9. The fourth-order valence-corrected chi connectivity index (χ4v) is 11.2. The number of nitrogens with two attached hydrogens (primary N) is 1. The first-order valence-electron chi connectivity index (χ1n) is 21.7. The van der Waals surface area contributed by atoms with Crippen molar-refractivity contribution in [1.29, 1.82) is 0 Å². The second kappa shape index (κ2) is 15.3. The largest absolute Gasteiger partial charge is 0.495 e. The van der Waals surface area contributed by atoms with E-state index < -0.39 is 46.3 Å². The van der Waals surface area contributed by atoms with E-state index in [1.165, 1.54) is 12.7 Å². The predicted octanol–water partition coefficient (Wildman–Crippen LogP) is 8.57. The number of allylic oxidation sites excluding steroid dienone is 5. The first-order chi connectivity index (χ1) is 29.0. The predicted molar refractivity (Wildman–Crippen MR) is 237 cm³/mol. The number of aliphatic hydroxyl groups is 1. The Morgan fingerprint density at radius 2 is 1.70 bits per heavy atom. The molecule has 10 heteroatoms. The van der Waals surface area contributed by atoms with Crippen LogP contribution in [0.5, 0.6) is 17.2 Å². The Labute approximate surface area is 359 Å². The third kappa shape index (κ3) is 6.14. The molecule has 0 radical (unpaired) electrons. The van der Waals surface area contributed by atoms with Crippen molar-refractivity contribution in [3.05, 3.63) is 104 Å². The Morgan fingerprint density at radius 3 is 2.34 bits per heavy atom. The maximum atomic E-state index is 15.5. The van der Waals surface area contributed by atoms with Crippen molar-refractivity contribution < 1.29 is 38.4 Å². The van der Waals surface area contributed by atoms with Crippen molar-refractivity contribution in [3.63, 3.8) is 0 Å². The number of ether oxygens (including phenoxy) is 4. The maximum absolute atomic E-state index is 15.5. The van der Waals surface area contributed by atoms with Crippen molar-refractivity contribution in [2.45, 2.75) is 104 Å². The van der Waals surface area contributed by atoms with Crippen LogP contribution in [0.2, 0.25) is 0 Å². The molecule has 9 rings (SSSR count). The van der Waals surface area contributed by atoms with E-state index in [4.69, 9.17) is 24.7 Å². The summed E-state index contributed by atoms with van der Waals surface area (Å²) < 4.78 is 26.5. The van der Waals surface area contributed by atoms with Gasteiger partial charge in [0.25, 0.3) is 0 Å². The minimum absolute atomic E-state index is 0.0859.